The molecule has 0 heterocycles. The number of carbonyl (C=O) groups excluding carboxylic acids is 1. The minimum Gasteiger partial charge on any atom is -0.387 e. The largest absolute Gasteiger partial charge is 0.387 e. The first kappa shape index (κ1) is 15.5. The van der Waals surface area contributed by atoms with E-state index in [9.17, 15) is 4.79 Å². The lowest BCUT2D eigenvalue weighted by Gasteiger charge is -2.29. The number of ether oxygens (including phenoxy) is 1. The minimum atomic E-state index is -0.351. The van der Waals surface area contributed by atoms with E-state index in [4.69, 9.17) is 10.00 Å². The molecule has 1 fully saturated rings. The van der Waals surface area contributed by atoms with Crippen LogP contribution in [0, 0.1) is 17.2 Å². The zero-order valence-electron chi connectivity index (χ0n) is 11.7. The van der Waals surface area contributed by atoms with Crippen LogP contribution in [0.2, 0.25) is 0 Å². The molecule has 1 aliphatic rings. The van der Waals surface area contributed by atoms with Gasteiger partial charge in [-0.15, -0.1) is 0 Å². The average Bonchev–Trinajstić information content (AvgIpc) is 2.41. The summed E-state index contributed by atoms with van der Waals surface area (Å²) in [5.74, 6) is 0.233. The van der Waals surface area contributed by atoms with E-state index in [1.807, 2.05) is 6.07 Å². The van der Waals surface area contributed by atoms with Gasteiger partial charge in [-0.05, 0) is 18.8 Å². The third kappa shape index (κ3) is 5.31. The highest BCUT2D eigenvalue weighted by Crippen LogP contribution is 2.23. The lowest BCUT2D eigenvalue weighted by molar-refractivity contribution is -0.117. The van der Waals surface area contributed by atoms with Crippen molar-refractivity contribution < 1.29 is 9.53 Å². The van der Waals surface area contributed by atoms with Crippen molar-refractivity contribution in [3.8, 4) is 6.07 Å². The van der Waals surface area contributed by atoms with Crippen LogP contribution in [0.3, 0.4) is 0 Å². The van der Waals surface area contributed by atoms with Gasteiger partial charge in [0.15, 0.2) is 0 Å². The second-order valence-corrected chi connectivity index (χ2v) is 4.95. The van der Waals surface area contributed by atoms with Gasteiger partial charge in [-0.25, -0.2) is 0 Å². The molecular formula is C14H23N3O2. The lowest BCUT2D eigenvalue weighted by atomic mass is 9.86. The highest BCUT2D eigenvalue weighted by molar-refractivity contribution is 5.97. The minimum absolute atomic E-state index is 0.119. The summed E-state index contributed by atoms with van der Waals surface area (Å²) in [5.41, 5.74) is 0.119. The third-order valence-corrected chi connectivity index (χ3v) is 3.51. The average molecular weight is 265 g/mol. The maximum Gasteiger partial charge on any atom is 0.263 e. The number of nitriles is 1. The van der Waals surface area contributed by atoms with E-state index < -0.39 is 0 Å². The molecule has 2 N–H and O–H groups in total. The van der Waals surface area contributed by atoms with Crippen molar-refractivity contribution in [1.29, 1.82) is 5.26 Å². The zero-order valence-corrected chi connectivity index (χ0v) is 11.7. The van der Waals surface area contributed by atoms with Crippen LogP contribution >= 0.6 is 0 Å². The summed E-state index contributed by atoms with van der Waals surface area (Å²) in [6.07, 6.45) is 6.33. The molecule has 0 bridgehead atoms. The van der Waals surface area contributed by atoms with Crippen molar-refractivity contribution in [2.45, 2.75) is 38.6 Å². The van der Waals surface area contributed by atoms with Gasteiger partial charge in [0, 0.05) is 25.9 Å². The van der Waals surface area contributed by atoms with E-state index in [2.05, 4.69) is 17.6 Å². The number of hydrogen-bond acceptors (Lipinski definition) is 4. The van der Waals surface area contributed by atoms with Crippen LogP contribution in [0.25, 0.3) is 0 Å². The van der Waals surface area contributed by atoms with Gasteiger partial charge in [0.1, 0.15) is 11.6 Å². The second kappa shape index (κ2) is 8.54. The summed E-state index contributed by atoms with van der Waals surface area (Å²) >= 11 is 0. The molecule has 1 amide bonds. The molecule has 2 unspecified atom stereocenters. The van der Waals surface area contributed by atoms with Crippen molar-refractivity contribution in [3.05, 3.63) is 11.8 Å². The molecule has 0 aromatic rings. The smallest absolute Gasteiger partial charge is 0.263 e. The van der Waals surface area contributed by atoms with Crippen LogP contribution in [0.5, 0.6) is 0 Å². The van der Waals surface area contributed by atoms with Crippen molar-refractivity contribution in [1.82, 2.24) is 10.6 Å². The molecule has 19 heavy (non-hydrogen) atoms. The number of nitrogens with zero attached hydrogens (tertiary/aromatic N) is 1. The molecule has 0 aromatic carbocycles. The Hall–Kier alpha value is -1.54. The SMILES string of the molecule is COCCNC(=O)/C(C#N)=C\NC1CCCCC1C. The predicted molar refractivity (Wildman–Crippen MR) is 73.1 cm³/mol. The van der Waals surface area contributed by atoms with Crippen LogP contribution in [0.1, 0.15) is 32.6 Å². The molecule has 0 saturated heterocycles. The van der Waals surface area contributed by atoms with Crippen LogP contribution < -0.4 is 10.6 Å². The molecule has 0 spiro atoms. The Morgan fingerprint density at radius 2 is 2.21 bits per heavy atom. The fourth-order valence-electron chi connectivity index (χ4n) is 2.26. The Bertz CT molecular complexity index is 360. The first-order valence-corrected chi connectivity index (χ1v) is 6.82. The second-order valence-electron chi connectivity index (χ2n) is 4.95. The topological polar surface area (TPSA) is 74.1 Å². The molecule has 1 saturated carbocycles. The molecule has 0 aromatic heterocycles. The van der Waals surface area contributed by atoms with E-state index in [-0.39, 0.29) is 11.5 Å². The van der Waals surface area contributed by atoms with E-state index in [0.717, 1.165) is 6.42 Å². The van der Waals surface area contributed by atoms with Crippen LogP contribution in [0.4, 0.5) is 0 Å². The summed E-state index contributed by atoms with van der Waals surface area (Å²) in [4.78, 5) is 11.7. The van der Waals surface area contributed by atoms with Gasteiger partial charge in [0.2, 0.25) is 0 Å². The van der Waals surface area contributed by atoms with E-state index >= 15 is 0 Å². The molecule has 2 atom stereocenters. The first-order valence-electron chi connectivity index (χ1n) is 6.82. The van der Waals surface area contributed by atoms with Crippen molar-refractivity contribution >= 4 is 5.91 Å². The summed E-state index contributed by atoms with van der Waals surface area (Å²) < 4.78 is 4.84. The Kier molecular flexibility index (Phi) is 6.98. The molecule has 5 heteroatoms. The normalized spacial score (nSPS) is 23.5. The number of nitrogens with one attached hydrogen (secondary N) is 2. The zero-order chi connectivity index (χ0) is 14.1. The Morgan fingerprint density at radius 1 is 1.47 bits per heavy atom. The monoisotopic (exact) mass is 265 g/mol. The molecule has 1 rings (SSSR count). The predicted octanol–water partition coefficient (Wildman–Crippen LogP) is 1.32. The first-order chi connectivity index (χ1) is 9.19. The summed E-state index contributed by atoms with van der Waals surface area (Å²) in [7, 11) is 1.57. The Labute approximate surface area is 115 Å². The summed E-state index contributed by atoms with van der Waals surface area (Å²) in [5, 5.41) is 14.9. The third-order valence-electron chi connectivity index (χ3n) is 3.51. The van der Waals surface area contributed by atoms with Gasteiger partial charge < -0.3 is 15.4 Å². The fourth-order valence-corrected chi connectivity index (χ4v) is 2.26. The van der Waals surface area contributed by atoms with Gasteiger partial charge in [0.05, 0.1) is 6.61 Å². The van der Waals surface area contributed by atoms with E-state index in [0.29, 0.717) is 25.1 Å². The van der Waals surface area contributed by atoms with Gasteiger partial charge >= 0.3 is 0 Å². The quantitative estimate of drug-likeness (QED) is 0.431. The highest BCUT2D eigenvalue weighted by Gasteiger charge is 2.20. The standard InChI is InChI=1S/C14H23N3O2/c1-11-5-3-4-6-13(11)17-10-12(9-15)14(18)16-7-8-19-2/h10-11,13,17H,3-8H2,1-2H3,(H,16,18)/b12-10-. The maximum atomic E-state index is 11.7. The molecule has 1 aliphatic carbocycles. The van der Waals surface area contributed by atoms with E-state index in [1.54, 1.807) is 13.3 Å². The Morgan fingerprint density at radius 3 is 2.84 bits per heavy atom. The van der Waals surface area contributed by atoms with Gasteiger partial charge in [0.25, 0.3) is 5.91 Å². The van der Waals surface area contributed by atoms with E-state index in [1.165, 1.54) is 19.3 Å². The van der Waals surface area contributed by atoms with Crippen LogP contribution in [-0.4, -0.2) is 32.2 Å². The van der Waals surface area contributed by atoms with Crippen molar-refractivity contribution in [3.63, 3.8) is 0 Å². The maximum absolute atomic E-state index is 11.7. The molecular weight excluding hydrogens is 242 g/mol. The molecule has 0 aliphatic heterocycles. The molecule has 0 radical (unpaired) electrons. The summed E-state index contributed by atoms with van der Waals surface area (Å²) in [6.45, 7) is 3.06. The van der Waals surface area contributed by atoms with Gasteiger partial charge in [-0.2, -0.15) is 5.26 Å². The number of methoxy groups -OCH3 is 1. The number of rotatable bonds is 6. The number of hydrogen-bond donors (Lipinski definition) is 2. The van der Waals surface area contributed by atoms with Gasteiger partial charge in [-0.3, -0.25) is 4.79 Å². The van der Waals surface area contributed by atoms with Crippen LogP contribution in [0.15, 0.2) is 11.8 Å². The molecule has 106 valence electrons. The van der Waals surface area contributed by atoms with Crippen LogP contribution in [-0.2, 0) is 9.53 Å². The highest BCUT2D eigenvalue weighted by atomic mass is 16.5. The van der Waals surface area contributed by atoms with Gasteiger partial charge in [-0.1, -0.05) is 19.8 Å². The summed E-state index contributed by atoms with van der Waals surface area (Å²) in [6, 6.07) is 2.29. The Balaban J connectivity index is 2.47. The fraction of sp³-hybridized carbons (Fsp3) is 0.714. The molecule has 5 nitrogen and oxygen atoms in total. The van der Waals surface area contributed by atoms with Crippen molar-refractivity contribution in [2.75, 3.05) is 20.3 Å². The number of carbonyl (C=O) groups is 1. The number of amides is 1. The lowest BCUT2D eigenvalue weighted by Crippen LogP contribution is -2.35. The van der Waals surface area contributed by atoms with Crippen molar-refractivity contribution in [2.24, 2.45) is 5.92 Å².